The Kier molecular flexibility index (Phi) is 6.92. The van der Waals surface area contributed by atoms with Gasteiger partial charge in [-0.25, -0.2) is 0 Å². The van der Waals surface area contributed by atoms with Crippen LogP contribution in [0.15, 0.2) is 22.7 Å². The van der Waals surface area contributed by atoms with Crippen LogP contribution < -0.4 is 10.1 Å². The number of carbonyl (C=O) groups is 1. The lowest BCUT2D eigenvalue weighted by Crippen LogP contribution is -2.31. The Labute approximate surface area is 123 Å². The van der Waals surface area contributed by atoms with Crippen molar-refractivity contribution in [1.82, 2.24) is 5.32 Å². The molecule has 1 rings (SSSR count). The predicted octanol–water partition coefficient (Wildman–Crippen LogP) is 4.16. The monoisotopic (exact) mass is 327 g/mol. The number of hydrogen-bond acceptors (Lipinski definition) is 2. The summed E-state index contributed by atoms with van der Waals surface area (Å²) >= 11 is 3.45. The van der Waals surface area contributed by atoms with E-state index < -0.39 is 0 Å². The Bertz CT molecular complexity index is 421. The van der Waals surface area contributed by atoms with Gasteiger partial charge in [0.2, 0.25) is 0 Å². The minimum atomic E-state index is -0.0461. The van der Waals surface area contributed by atoms with Crippen molar-refractivity contribution in [3.05, 3.63) is 28.2 Å². The molecule has 1 atom stereocenters. The summed E-state index contributed by atoms with van der Waals surface area (Å²) < 4.78 is 6.46. The van der Waals surface area contributed by atoms with Crippen LogP contribution in [0, 0.1) is 0 Å². The van der Waals surface area contributed by atoms with Gasteiger partial charge in [-0.1, -0.05) is 20.3 Å². The van der Waals surface area contributed by atoms with Gasteiger partial charge in [0.15, 0.2) is 0 Å². The standard InChI is InChI=1S/C15H22BrNO2/c1-4-6-9-19-14-8-7-12(10-13(14)16)15(18)17-11(3)5-2/h7-8,10-11H,4-6,9H2,1-3H3,(H,17,18)/t11-/m0/s1. The highest BCUT2D eigenvalue weighted by molar-refractivity contribution is 9.10. The van der Waals surface area contributed by atoms with Crippen LogP contribution in [-0.4, -0.2) is 18.6 Å². The van der Waals surface area contributed by atoms with Crippen molar-refractivity contribution in [3.8, 4) is 5.75 Å². The van der Waals surface area contributed by atoms with Crippen LogP contribution in [0.2, 0.25) is 0 Å². The second-order valence-corrected chi connectivity index (χ2v) is 5.48. The first-order chi connectivity index (χ1) is 9.08. The molecule has 1 aromatic carbocycles. The molecule has 0 aliphatic carbocycles. The maximum atomic E-state index is 12.0. The molecular weight excluding hydrogens is 306 g/mol. The molecule has 0 aromatic heterocycles. The zero-order valence-electron chi connectivity index (χ0n) is 11.8. The lowest BCUT2D eigenvalue weighted by molar-refractivity contribution is 0.0939. The summed E-state index contributed by atoms with van der Waals surface area (Å²) in [5.74, 6) is 0.740. The fourth-order valence-corrected chi connectivity index (χ4v) is 1.99. The summed E-state index contributed by atoms with van der Waals surface area (Å²) in [6.07, 6.45) is 3.06. The SMILES string of the molecule is CCCCOc1ccc(C(=O)N[C@@H](C)CC)cc1Br. The fourth-order valence-electron chi connectivity index (χ4n) is 1.49. The number of nitrogens with one attached hydrogen (secondary N) is 1. The molecule has 0 fully saturated rings. The lowest BCUT2D eigenvalue weighted by Gasteiger charge is -2.13. The zero-order chi connectivity index (χ0) is 14.3. The Morgan fingerprint density at radius 1 is 1.42 bits per heavy atom. The van der Waals surface area contributed by atoms with E-state index in [9.17, 15) is 4.79 Å². The molecule has 0 saturated carbocycles. The Balaban J connectivity index is 2.67. The minimum Gasteiger partial charge on any atom is -0.492 e. The van der Waals surface area contributed by atoms with Crippen molar-refractivity contribution in [3.63, 3.8) is 0 Å². The third-order valence-corrected chi connectivity index (χ3v) is 3.56. The normalized spacial score (nSPS) is 12.0. The van der Waals surface area contributed by atoms with Gasteiger partial charge in [-0.05, 0) is 53.9 Å². The van der Waals surface area contributed by atoms with Gasteiger partial charge < -0.3 is 10.1 Å². The van der Waals surface area contributed by atoms with Crippen LogP contribution in [-0.2, 0) is 0 Å². The van der Waals surface area contributed by atoms with Gasteiger partial charge in [0.1, 0.15) is 5.75 Å². The van der Waals surface area contributed by atoms with E-state index in [4.69, 9.17) is 4.74 Å². The molecule has 0 unspecified atom stereocenters. The van der Waals surface area contributed by atoms with Crippen molar-refractivity contribution in [2.45, 2.75) is 46.1 Å². The maximum absolute atomic E-state index is 12.0. The van der Waals surface area contributed by atoms with Crippen molar-refractivity contribution in [2.24, 2.45) is 0 Å². The van der Waals surface area contributed by atoms with E-state index in [0.717, 1.165) is 29.5 Å². The van der Waals surface area contributed by atoms with E-state index in [0.29, 0.717) is 12.2 Å². The van der Waals surface area contributed by atoms with Crippen LogP contribution in [0.5, 0.6) is 5.75 Å². The van der Waals surface area contributed by atoms with E-state index in [2.05, 4.69) is 28.2 Å². The molecular formula is C15H22BrNO2. The molecule has 19 heavy (non-hydrogen) atoms. The second kappa shape index (κ2) is 8.20. The topological polar surface area (TPSA) is 38.3 Å². The molecule has 1 amide bonds. The highest BCUT2D eigenvalue weighted by Crippen LogP contribution is 2.26. The van der Waals surface area contributed by atoms with Gasteiger partial charge in [-0.15, -0.1) is 0 Å². The molecule has 0 saturated heterocycles. The largest absolute Gasteiger partial charge is 0.492 e. The van der Waals surface area contributed by atoms with Crippen LogP contribution in [0.1, 0.15) is 50.4 Å². The van der Waals surface area contributed by atoms with Gasteiger partial charge in [-0.2, -0.15) is 0 Å². The average molecular weight is 328 g/mol. The quantitative estimate of drug-likeness (QED) is 0.764. The smallest absolute Gasteiger partial charge is 0.251 e. The van der Waals surface area contributed by atoms with Crippen LogP contribution in [0.25, 0.3) is 0 Å². The van der Waals surface area contributed by atoms with Crippen molar-refractivity contribution in [2.75, 3.05) is 6.61 Å². The molecule has 1 N–H and O–H groups in total. The zero-order valence-corrected chi connectivity index (χ0v) is 13.4. The summed E-state index contributed by atoms with van der Waals surface area (Å²) in [5, 5.41) is 2.94. The molecule has 0 aliphatic rings. The van der Waals surface area contributed by atoms with Crippen molar-refractivity contribution < 1.29 is 9.53 Å². The van der Waals surface area contributed by atoms with E-state index in [1.54, 1.807) is 12.1 Å². The van der Waals surface area contributed by atoms with E-state index in [1.807, 2.05) is 19.9 Å². The Morgan fingerprint density at radius 3 is 2.74 bits per heavy atom. The van der Waals surface area contributed by atoms with Crippen LogP contribution >= 0.6 is 15.9 Å². The first kappa shape index (κ1) is 16.0. The lowest BCUT2D eigenvalue weighted by atomic mass is 10.2. The fraction of sp³-hybridized carbons (Fsp3) is 0.533. The summed E-state index contributed by atoms with van der Waals surface area (Å²) in [6, 6.07) is 5.63. The van der Waals surface area contributed by atoms with Crippen LogP contribution in [0.3, 0.4) is 0 Å². The van der Waals surface area contributed by atoms with Gasteiger partial charge in [-0.3, -0.25) is 4.79 Å². The number of ether oxygens (including phenoxy) is 1. The molecule has 0 bridgehead atoms. The first-order valence-electron chi connectivity index (χ1n) is 6.81. The van der Waals surface area contributed by atoms with E-state index >= 15 is 0 Å². The maximum Gasteiger partial charge on any atom is 0.251 e. The molecule has 0 heterocycles. The molecule has 4 heteroatoms. The number of halogens is 1. The predicted molar refractivity (Wildman–Crippen MR) is 81.8 cm³/mol. The van der Waals surface area contributed by atoms with Gasteiger partial charge in [0.25, 0.3) is 5.91 Å². The summed E-state index contributed by atoms with van der Waals surface area (Å²) in [6.45, 7) is 6.87. The summed E-state index contributed by atoms with van der Waals surface area (Å²) in [5.41, 5.74) is 0.648. The number of amides is 1. The number of unbranched alkanes of at least 4 members (excludes halogenated alkanes) is 1. The third-order valence-electron chi connectivity index (χ3n) is 2.94. The first-order valence-corrected chi connectivity index (χ1v) is 7.61. The number of benzene rings is 1. The highest BCUT2D eigenvalue weighted by Gasteiger charge is 2.11. The molecule has 1 aromatic rings. The molecule has 0 radical (unpaired) electrons. The minimum absolute atomic E-state index is 0.0461. The van der Waals surface area contributed by atoms with Crippen molar-refractivity contribution >= 4 is 21.8 Å². The highest BCUT2D eigenvalue weighted by atomic mass is 79.9. The number of rotatable bonds is 7. The van der Waals surface area contributed by atoms with E-state index in [-0.39, 0.29) is 11.9 Å². The summed E-state index contributed by atoms with van der Waals surface area (Å²) in [4.78, 5) is 12.0. The molecule has 3 nitrogen and oxygen atoms in total. The third kappa shape index (κ3) is 5.23. The number of carbonyl (C=O) groups excluding carboxylic acids is 1. The summed E-state index contributed by atoms with van der Waals surface area (Å²) in [7, 11) is 0. The van der Waals surface area contributed by atoms with Gasteiger partial charge >= 0.3 is 0 Å². The van der Waals surface area contributed by atoms with E-state index in [1.165, 1.54) is 0 Å². The number of hydrogen-bond donors (Lipinski definition) is 1. The molecule has 106 valence electrons. The average Bonchev–Trinajstić information content (AvgIpc) is 2.40. The van der Waals surface area contributed by atoms with Crippen LogP contribution in [0.4, 0.5) is 0 Å². The molecule has 0 spiro atoms. The molecule has 0 aliphatic heterocycles. The van der Waals surface area contributed by atoms with Gasteiger partial charge in [0.05, 0.1) is 11.1 Å². The second-order valence-electron chi connectivity index (χ2n) is 4.63. The van der Waals surface area contributed by atoms with Gasteiger partial charge in [0, 0.05) is 11.6 Å². The Hall–Kier alpha value is -1.03. The Morgan fingerprint density at radius 2 is 2.16 bits per heavy atom. The van der Waals surface area contributed by atoms with Crippen molar-refractivity contribution in [1.29, 1.82) is 0 Å².